The molecule has 3 rings (SSSR count). The molecule has 7 heteroatoms. The van der Waals surface area contributed by atoms with Crippen LogP contribution in [0.4, 0.5) is 10.1 Å². The maximum atomic E-state index is 13.7. The lowest BCUT2D eigenvalue weighted by Gasteiger charge is -2.07. The molecule has 2 aromatic carbocycles. The number of carbonyl (C=O) groups is 1. The second-order valence-corrected chi connectivity index (χ2v) is 5.17. The SMILES string of the molecule is Cc1c(Cl)cccc1NC(=O)c1nnc(-c2ccccc2F)o1. The van der Waals surface area contributed by atoms with E-state index < -0.39 is 11.7 Å². The van der Waals surface area contributed by atoms with Crippen LogP contribution in [0.15, 0.2) is 46.9 Å². The van der Waals surface area contributed by atoms with Crippen LogP contribution in [-0.2, 0) is 0 Å². The van der Waals surface area contributed by atoms with Gasteiger partial charge in [-0.25, -0.2) is 4.39 Å². The van der Waals surface area contributed by atoms with E-state index in [2.05, 4.69) is 15.5 Å². The highest BCUT2D eigenvalue weighted by molar-refractivity contribution is 6.31. The third-order valence-electron chi connectivity index (χ3n) is 3.24. The number of aromatic nitrogens is 2. The molecule has 3 aromatic rings. The number of amides is 1. The average molecular weight is 332 g/mol. The Bertz CT molecular complexity index is 879. The predicted molar refractivity (Wildman–Crippen MR) is 83.8 cm³/mol. The number of carbonyl (C=O) groups excluding carboxylic acids is 1. The Balaban J connectivity index is 1.84. The summed E-state index contributed by atoms with van der Waals surface area (Å²) in [5.74, 6) is -1.42. The topological polar surface area (TPSA) is 68.0 Å². The van der Waals surface area contributed by atoms with Gasteiger partial charge in [0.1, 0.15) is 5.82 Å². The van der Waals surface area contributed by atoms with Crippen molar-refractivity contribution in [3.8, 4) is 11.5 Å². The van der Waals surface area contributed by atoms with Crippen molar-refractivity contribution in [1.82, 2.24) is 10.2 Å². The molecule has 1 N–H and O–H groups in total. The van der Waals surface area contributed by atoms with E-state index in [1.165, 1.54) is 12.1 Å². The molecule has 23 heavy (non-hydrogen) atoms. The van der Waals surface area contributed by atoms with Gasteiger partial charge in [0.2, 0.25) is 0 Å². The lowest BCUT2D eigenvalue weighted by atomic mass is 10.2. The molecule has 0 unspecified atom stereocenters. The van der Waals surface area contributed by atoms with Crippen molar-refractivity contribution in [3.05, 3.63) is 64.8 Å². The first-order valence-electron chi connectivity index (χ1n) is 6.71. The molecule has 1 heterocycles. The summed E-state index contributed by atoms with van der Waals surface area (Å²) < 4.78 is 18.9. The molecular weight excluding hydrogens is 321 g/mol. The quantitative estimate of drug-likeness (QED) is 0.785. The van der Waals surface area contributed by atoms with Gasteiger partial charge in [-0.2, -0.15) is 0 Å². The van der Waals surface area contributed by atoms with Crippen LogP contribution in [0.5, 0.6) is 0 Å². The highest BCUT2D eigenvalue weighted by atomic mass is 35.5. The van der Waals surface area contributed by atoms with Gasteiger partial charge in [-0.1, -0.05) is 29.8 Å². The molecule has 1 aromatic heterocycles. The van der Waals surface area contributed by atoms with E-state index in [9.17, 15) is 9.18 Å². The van der Waals surface area contributed by atoms with Gasteiger partial charge < -0.3 is 9.73 Å². The summed E-state index contributed by atoms with van der Waals surface area (Å²) in [5.41, 5.74) is 1.39. The zero-order valence-electron chi connectivity index (χ0n) is 12.0. The normalized spacial score (nSPS) is 10.6. The van der Waals surface area contributed by atoms with Gasteiger partial charge in [0.05, 0.1) is 5.56 Å². The minimum atomic E-state index is -0.592. The summed E-state index contributed by atoms with van der Waals surface area (Å²) in [6.07, 6.45) is 0. The molecule has 116 valence electrons. The van der Waals surface area contributed by atoms with Crippen LogP contribution in [0, 0.1) is 12.7 Å². The largest absolute Gasteiger partial charge is 0.412 e. The minimum absolute atomic E-state index is 0.0592. The summed E-state index contributed by atoms with van der Waals surface area (Å²) >= 11 is 6.00. The molecule has 1 amide bonds. The van der Waals surface area contributed by atoms with Crippen molar-refractivity contribution >= 4 is 23.2 Å². The summed E-state index contributed by atoms with van der Waals surface area (Å²) in [5, 5.41) is 10.5. The van der Waals surface area contributed by atoms with E-state index in [-0.39, 0.29) is 17.3 Å². The minimum Gasteiger partial charge on any atom is -0.412 e. The zero-order valence-corrected chi connectivity index (χ0v) is 12.8. The van der Waals surface area contributed by atoms with Crippen molar-refractivity contribution in [2.75, 3.05) is 5.32 Å². The van der Waals surface area contributed by atoms with E-state index in [0.717, 1.165) is 5.56 Å². The molecule has 0 aliphatic heterocycles. The third kappa shape index (κ3) is 3.07. The van der Waals surface area contributed by atoms with Crippen molar-refractivity contribution in [3.63, 3.8) is 0 Å². The maximum Gasteiger partial charge on any atom is 0.313 e. The molecule has 0 spiro atoms. The molecule has 0 atom stereocenters. The Labute approximate surface area is 136 Å². The van der Waals surface area contributed by atoms with Crippen molar-refractivity contribution in [2.45, 2.75) is 6.92 Å². The molecule has 5 nitrogen and oxygen atoms in total. The number of hydrogen-bond acceptors (Lipinski definition) is 4. The van der Waals surface area contributed by atoms with Crippen LogP contribution in [0.3, 0.4) is 0 Å². The van der Waals surface area contributed by atoms with Gasteiger partial charge in [-0.15, -0.1) is 10.2 Å². The van der Waals surface area contributed by atoms with Crippen molar-refractivity contribution in [1.29, 1.82) is 0 Å². The first-order chi connectivity index (χ1) is 11.1. The fraction of sp³-hybridized carbons (Fsp3) is 0.0625. The second kappa shape index (κ2) is 6.18. The van der Waals surface area contributed by atoms with E-state index in [1.54, 1.807) is 37.3 Å². The smallest absolute Gasteiger partial charge is 0.313 e. The van der Waals surface area contributed by atoms with Crippen LogP contribution >= 0.6 is 11.6 Å². The van der Waals surface area contributed by atoms with Gasteiger partial charge in [-0.05, 0) is 36.8 Å². The van der Waals surface area contributed by atoms with Gasteiger partial charge in [0, 0.05) is 10.7 Å². The third-order valence-corrected chi connectivity index (χ3v) is 3.65. The molecule has 0 aliphatic carbocycles. The predicted octanol–water partition coefficient (Wildman–Crippen LogP) is 4.09. The first kappa shape index (κ1) is 15.2. The van der Waals surface area contributed by atoms with Crippen LogP contribution in [0.2, 0.25) is 5.02 Å². The molecule has 0 saturated carbocycles. The molecular formula is C16H11ClFN3O2. The molecule has 0 radical (unpaired) electrons. The van der Waals surface area contributed by atoms with Gasteiger partial charge >= 0.3 is 11.8 Å². The lowest BCUT2D eigenvalue weighted by Crippen LogP contribution is -2.13. The Kier molecular flexibility index (Phi) is 4.08. The van der Waals surface area contributed by atoms with Gasteiger partial charge in [-0.3, -0.25) is 4.79 Å². The average Bonchev–Trinajstić information content (AvgIpc) is 3.02. The summed E-state index contributed by atoms with van der Waals surface area (Å²) in [6, 6.07) is 11.1. The van der Waals surface area contributed by atoms with E-state index in [0.29, 0.717) is 10.7 Å². The number of nitrogens with zero attached hydrogens (tertiary/aromatic N) is 2. The zero-order chi connectivity index (χ0) is 16.4. The van der Waals surface area contributed by atoms with Crippen LogP contribution in [0.25, 0.3) is 11.5 Å². The van der Waals surface area contributed by atoms with Gasteiger partial charge in [0.15, 0.2) is 0 Å². The highest BCUT2D eigenvalue weighted by Crippen LogP contribution is 2.24. The Hall–Kier alpha value is -2.73. The second-order valence-electron chi connectivity index (χ2n) is 4.76. The number of benzene rings is 2. The number of halogens is 2. The van der Waals surface area contributed by atoms with E-state index in [4.69, 9.17) is 16.0 Å². The number of anilines is 1. The maximum absolute atomic E-state index is 13.7. The van der Waals surface area contributed by atoms with Gasteiger partial charge in [0.25, 0.3) is 5.89 Å². The molecule has 0 aliphatic rings. The van der Waals surface area contributed by atoms with E-state index in [1.807, 2.05) is 0 Å². The Morgan fingerprint density at radius 2 is 1.96 bits per heavy atom. The molecule has 0 saturated heterocycles. The highest BCUT2D eigenvalue weighted by Gasteiger charge is 2.18. The summed E-state index contributed by atoms with van der Waals surface area (Å²) in [6.45, 7) is 1.77. The number of hydrogen-bond donors (Lipinski definition) is 1. The van der Waals surface area contributed by atoms with Crippen molar-refractivity contribution < 1.29 is 13.6 Å². The Morgan fingerprint density at radius 1 is 1.17 bits per heavy atom. The fourth-order valence-electron chi connectivity index (χ4n) is 1.98. The van der Waals surface area contributed by atoms with Crippen LogP contribution < -0.4 is 5.32 Å². The van der Waals surface area contributed by atoms with Crippen LogP contribution in [0.1, 0.15) is 16.2 Å². The molecule has 0 bridgehead atoms. The van der Waals surface area contributed by atoms with Crippen molar-refractivity contribution in [2.24, 2.45) is 0 Å². The summed E-state index contributed by atoms with van der Waals surface area (Å²) in [4.78, 5) is 12.2. The lowest BCUT2D eigenvalue weighted by molar-refractivity contribution is 0.0990. The number of nitrogens with one attached hydrogen (secondary N) is 1. The first-order valence-corrected chi connectivity index (χ1v) is 7.09. The Morgan fingerprint density at radius 3 is 2.74 bits per heavy atom. The summed E-state index contributed by atoms with van der Waals surface area (Å²) in [7, 11) is 0. The monoisotopic (exact) mass is 331 g/mol. The standard InChI is InChI=1S/C16H11ClFN3O2/c1-9-11(17)6-4-8-13(9)19-14(22)16-21-20-15(23-16)10-5-2-3-7-12(10)18/h2-8H,1H3,(H,19,22). The van der Waals surface area contributed by atoms with Crippen LogP contribution in [-0.4, -0.2) is 16.1 Å². The number of rotatable bonds is 3. The van der Waals surface area contributed by atoms with E-state index >= 15 is 0 Å². The molecule has 0 fully saturated rings. The fourth-order valence-corrected chi connectivity index (χ4v) is 2.15.